The summed E-state index contributed by atoms with van der Waals surface area (Å²) in [6.07, 6.45) is 5.53. The van der Waals surface area contributed by atoms with E-state index >= 15 is 0 Å². The van der Waals surface area contributed by atoms with Gasteiger partial charge in [0.05, 0.1) is 0 Å². The smallest absolute Gasteiger partial charge is 0.137 e. The van der Waals surface area contributed by atoms with Crippen LogP contribution in [0.1, 0.15) is 31.7 Å². The second kappa shape index (κ2) is 5.34. The Hall–Kier alpha value is -1.32. The highest BCUT2D eigenvalue weighted by molar-refractivity contribution is 5.57. The highest BCUT2D eigenvalue weighted by atomic mass is 15.2. The molecule has 17 heavy (non-hydrogen) atoms. The van der Waals surface area contributed by atoms with Gasteiger partial charge in [-0.25, -0.2) is 9.97 Å². The summed E-state index contributed by atoms with van der Waals surface area (Å²) in [5, 5.41) is 3.12. The minimum Gasteiger partial charge on any atom is -0.373 e. The van der Waals surface area contributed by atoms with Crippen LogP contribution in [0.2, 0.25) is 0 Å². The Labute approximate surface area is 103 Å². The Morgan fingerprint density at radius 3 is 2.65 bits per heavy atom. The fraction of sp³-hybridized carbons (Fsp3) is 0.692. The van der Waals surface area contributed by atoms with Crippen LogP contribution in [0.25, 0.3) is 0 Å². The maximum atomic E-state index is 4.44. The van der Waals surface area contributed by atoms with Crippen LogP contribution in [-0.4, -0.2) is 30.1 Å². The van der Waals surface area contributed by atoms with Crippen LogP contribution in [0, 0.1) is 12.8 Å². The van der Waals surface area contributed by atoms with Gasteiger partial charge in [0.1, 0.15) is 18.0 Å². The molecule has 1 fully saturated rings. The first kappa shape index (κ1) is 12.1. The molecule has 1 aromatic heterocycles. The van der Waals surface area contributed by atoms with Crippen molar-refractivity contribution >= 4 is 11.6 Å². The maximum Gasteiger partial charge on any atom is 0.137 e. The van der Waals surface area contributed by atoms with Crippen molar-refractivity contribution in [1.29, 1.82) is 0 Å². The average Bonchev–Trinajstić information content (AvgIpc) is 2.39. The molecular formula is C13H22N4. The second-order valence-electron chi connectivity index (χ2n) is 4.76. The molecule has 1 aliphatic heterocycles. The maximum absolute atomic E-state index is 4.44. The molecule has 0 radical (unpaired) electrons. The molecule has 0 unspecified atom stereocenters. The molecule has 0 atom stereocenters. The molecule has 2 rings (SSSR count). The zero-order chi connectivity index (χ0) is 12.3. The van der Waals surface area contributed by atoms with Crippen molar-refractivity contribution in [1.82, 2.24) is 9.97 Å². The van der Waals surface area contributed by atoms with Gasteiger partial charge in [0.15, 0.2) is 0 Å². The van der Waals surface area contributed by atoms with E-state index in [0.717, 1.165) is 36.2 Å². The third-order valence-corrected chi connectivity index (χ3v) is 3.79. The van der Waals surface area contributed by atoms with Crippen molar-refractivity contribution in [2.24, 2.45) is 5.92 Å². The number of nitrogens with zero attached hydrogens (tertiary/aromatic N) is 3. The predicted octanol–water partition coefficient (Wildman–Crippen LogP) is 2.45. The van der Waals surface area contributed by atoms with Crippen LogP contribution in [-0.2, 0) is 0 Å². The first-order valence-corrected chi connectivity index (χ1v) is 6.50. The van der Waals surface area contributed by atoms with Gasteiger partial charge < -0.3 is 10.2 Å². The molecule has 0 saturated carbocycles. The molecule has 0 spiro atoms. The van der Waals surface area contributed by atoms with E-state index < -0.39 is 0 Å². The van der Waals surface area contributed by atoms with Gasteiger partial charge in [-0.2, -0.15) is 0 Å². The topological polar surface area (TPSA) is 41.1 Å². The van der Waals surface area contributed by atoms with Crippen LogP contribution in [0.15, 0.2) is 6.33 Å². The minimum atomic E-state index is 0.900. The lowest BCUT2D eigenvalue weighted by molar-refractivity contribution is 0.393. The third kappa shape index (κ3) is 2.51. The lowest BCUT2D eigenvalue weighted by atomic mass is 9.94. The molecule has 1 N–H and O–H groups in total. The van der Waals surface area contributed by atoms with Crippen LogP contribution >= 0.6 is 0 Å². The molecule has 4 heteroatoms. The average molecular weight is 234 g/mol. The van der Waals surface area contributed by atoms with E-state index in [1.807, 2.05) is 7.05 Å². The standard InChI is InChI=1S/C13H22N4/c1-4-11-5-7-17(8-6-11)13-10(2)12(14-3)15-9-16-13/h9,11H,4-8H2,1-3H3,(H,14,15,16). The number of piperidine rings is 1. The number of rotatable bonds is 3. The summed E-state index contributed by atoms with van der Waals surface area (Å²) in [4.78, 5) is 11.1. The monoisotopic (exact) mass is 234 g/mol. The first-order chi connectivity index (χ1) is 8.26. The van der Waals surface area contributed by atoms with Crippen LogP contribution in [0.4, 0.5) is 11.6 Å². The van der Waals surface area contributed by atoms with Crippen molar-refractivity contribution in [3.8, 4) is 0 Å². The molecule has 1 aliphatic rings. The molecule has 2 heterocycles. The largest absolute Gasteiger partial charge is 0.373 e. The van der Waals surface area contributed by atoms with E-state index in [1.54, 1.807) is 6.33 Å². The van der Waals surface area contributed by atoms with Gasteiger partial charge in [0.25, 0.3) is 0 Å². The van der Waals surface area contributed by atoms with E-state index in [9.17, 15) is 0 Å². The lowest BCUT2D eigenvalue weighted by Crippen LogP contribution is -2.34. The number of aromatic nitrogens is 2. The Bertz CT molecular complexity index is 370. The van der Waals surface area contributed by atoms with Gasteiger partial charge in [-0.1, -0.05) is 13.3 Å². The van der Waals surface area contributed by atoms with Gasteiger partial charge in [0.2, 0.25) is 0 Å². The number of hydrogen-bond donors (Lipinski definition) is 1. The van der Waals surface area contributed by atoms with E-state index in [4.69, 9.17) is 0 Å². The van der Waals surface area contributed by atoms with Crippen molar-refractivity contribution in [2.75, 3.05) is 30.4 Å². The number of nitrogens with one attached hydrogen (secondary N) is 1. The van der Waals surface area contributed by atoms with Crippen LogP contribution in [0.5, 0.6) is 0 Å². The SMILES string of the molecule is CCC1CCN(c2ncnc(NC)c2C)CC1. The van der Waals surface area contributed by atoms with Crippen molar-refractivity contribution in [3.05, 3.63) is 11.9 Å². The molecule has 1 saturated heterocycles. The highest BCUT2D eigenvalue weighted by Gasteiger charge is 2.20. The summed E-state index contributed by atoms with van der Waals surface area (Å²) in [5.74, 6) is 2.93. The van der Waals surface area contributed by atoms with E-state index in [-0.39, 0.29) is 0 Å². The number of hydrogen-bond acceptors (Lipinski definition) is 4. The predicted molar refractivity (Wildman–Crippen MR) is 71.5 cm³/mol. The third-order valence-electron chi connectivity index (χ3n) is 3.79. The Balaban J connectivity index is 2.13. The molecule has 4 nitrogen and oxygen atoms in total. The highest BCUT2D eigenvalue weighted by Crippen LogP contribution is 2.27. The first-order valence-electron chi connectivity index (χ1n) is 6.50. The lowest BCUT2D eigenvalue weighted by Gasteiger charge is -2.33. The van der Waals surface area contributed by atoms with Gasteiger partial charge in [0, 0.05) is 25.7 Å². The van der Waals surface area contributed by atoms with E-state index in [2.05, 4.69) is 34.0 Å². The van der Waals surface area contributed by atoms with Gasteiger partial charge in [-0.05, 0) is 25.7 Å². The zero-order valence-corrected chi connectivity index (χ0v) is 11.0. The molecule has 0 aliphatic carbocycles. The summed E-state index contributed by atoms with van der Waals surface area (Å²) < 4.78 is 0. The summed E-state index contributed by atoms with van der Waals surface area (Å²) in [7, 11) is 1.91. The Kier molecular flexibility index (Phi) is 3.82. The molecule has 94 valence electrons. The second-order valence-corrected chi connectivity index (χ2v) is 4.76. The fourth-order valence-corrected chi connectivity index (χ4v) is 2.56. The molecule has 1 aromatic rings. The van der Waals surface area contributed by atoms with Crippen LogP contribution in [0.3, 0.4) is 0 Å². The molecular weight excluding hydrogens is 212 g/mol. The van der Waals surface area contributed by atoms with Gasteiger partial charge in [-0.15, -0.1) is 0 Å². The summed E-state index contributed by atoms with van der Waals surface area (Å²) in [6.45, 7) is 6.63. The molecule has 0 bridgehead atoms. The van der Waals surface area contributed by atoms with Crippen molar-refractivity contribution in [3.63, 3.8) is 0 Å². The Morgan fingerprint density at radius 1 is 1.35 bits per heavy atom. The Morgan fingerprint density at radius 2 is 2.06 bits per heavy atom. The van der Waals surface area contributed by atoms with Gasteiger partial charge >= 0.3 is 0 Å². The quantitative estimate of drug-likeness (QED) is 0.872. The van der Waals surface area contributed by atoms with Crippen molar-refractivity contribution < 1.29 is 0 Å². The molecule has 0 aromatic carbocycles. The summed E-state index contributed by atoms with van der Waals surface area (Å²) >= 11 is 0. The van der Waals surface area contributed by atoms with E-state index in [1.165, 1.54) is 19.3 Å². The fourth-order valence-electron chi connectivity index (χ4n) is 2.56. The van der Waals surface area contributed by atoms with Crippen LogP contribution < -0.4 is 10.2 Å². The zero-order valence-electron chi connectivity index (χ0n) is 11.0. The van der Waals surface area contributed by atoms with Crippen molar-refractivity contribution in [2.45, 2.75) is 33.1 Å². The summed E-state index contributed by atoms with van der Waals surface area (Å²) in [5.41, 5.74) is 1.16. The van der Waals surface area contributed by atoms with Gasteiger partial charge in [-0.3, -0.25) is 0 Å². The molecule has 0 amide bonds. The van der Waals surface area contributed by atoms with E-state index in [0.29, 0.717) is 0 Å². The summed E-state index contributed by atoms with van der Waals surface area (Å²) in [6, 6.07) is 0. The number of anilines is 2. The minimum absolute atomic E-state index is 0.900. The normalized spacial score (nSPS) is 17.2.